The van der Waals surface area contributed by atoms with Gasteiger partial charge in [-0.25, -0.2) is 8.42 Å². The van der Waals surface area contributed by atoms with E-state index in [1.807, 2.05) is 0 Å². The number of nitrogens with zero attached hydrogens (tertiary/aromatic N) is 2. The molecule has 0 aliphatic carbocycles. The van der Waals surface area contributed by atoms with E-state index >= 15 is 0 Å². The summed E-state index contributed by atoms with van der Waals surface area (Å²) >= 11 is 1.76. The molecule has 0 amide bonds. The molecule has 2 rings (SSSR count). The van der Waals surface area contributed by atoms with Crippen LogP contribution in [0.3, 0.4) is 0 Å². The van der Waals surface area contributed by atoms with Crippen LogP contribution < -0.4 is 5.73 Å². The number of piperidine rings is 1. The Balaban J connectivity index is 2.22. The average molecular weight is 336 g/mol. The summed E-state index contributed by atoms with van der Waals surface area (Å²) in [4.78, 5) is 4.67. The van der Waals surface area contributed by atoms with Crippen molar-refractivity contribution in [3.63, 3.8) is 0 Å². The van der Waals surface area contributed by atoms with Gasteiger partial charge in [0, 0.05) is 35.9 Å². The standard InChI is InChI=1S/C14H29N3O2S2/c1-3-16-7-5-14(12-15,6-8-16)17-9-10-20-11-13(17)21(18,19)4-2/h13H,3-12,15H2,1-2H3. The molecule has 0 spiro atoms. The maximum Gasteiger partial charge on any atom is 0.166 e. The topological polar surface area (TPSA) is 66.6 Å². The first-order valence-corrected chi connectivity index (χ1v) is 10.8. The van der Waals surface area contributed by atoms with Gasteiger partial charge in [0.1, 0.15) is 5.37 Å². The third kappa shape index (κ3) is 3.58. The highest BCUT2D eigenvalue weighted by molar-refractivity contribution is 8.01. The van der Waals surface area contributed by atoms with E-state index in [0.29, 0.717) is 12.3 Å². The van der Waals surface area contributed by atoms with Gasteiger partial charge in [-0.2, -0.15) is 11.8 Å². The average Bonchev–Trinajstić information content (AvgIpc) is 2.55. The summed E-state index contributed by atoms with van der Waals surface area (Å²) in [6.45, 7) is 8.45. The van der Waals surface area contributed by atoms with Crippen LogP contribution in [0.15, 0.2) is 0 Å². The summed E-state index contributed by atoms with van der Waals surface area (Å²) in [5, 5.41) is -0.349. The predicted molar refractivity (Wildman–Crippen MR) is 90.4 cm³/mol. The lowest BCUT2D eigenvalue weighted by Gasteiger charge is -2.52. The zero-order chi connectivity index (χ0) is 15.5. The molecule has 1 atom stereocenters. The monoisotopic (exact) mass is 335 g/mol. The van der Waals surface area contributed by atoms with E-state index in [-0.39, 0.29) is 16.7 Å². The second-order valence-electron chi connectivity index (χ2n) is 6.04. The van der Waals surface area contributed by atoms with E-state index in [1.54, 1.807) is 18.7 Å². The number of nitrogens with two attached hydrogens (primary N) is 1. The van der Waals surface area contributed by atoms with E-state index in [9.17, 15) is 8.42 Å². The van der Waals surface area contributed by atoms with Gasteiger partial charge in [0.15, 0.2) is 9.84 Å². The van der Waals surface area contributed by atoms with Crippen molar-refractivity contribution in [2.24, 2.45) is 5.73 Å². The van der Waals surface area contributed by atoms with Gasteiger partial charge < -0.3 is 10.6 Å². The molecule has 0 aromatic heterocycles. The summed E-state index contributed by atoms with van der Waals surface area (Å²) in [5.74, 6) is 1.92. The molecular formula is C14H29N3O2S2. The molecule has 0 aromatic carbocycles. The fourth-order valence-electron chi connectivity index (χ4n) is 3.51. The summed E-state index contributed by atoms with van der Waals surface area (Å²) in [7, 11) is -3.05. The van der Waals surface area contributed by atoms with Gasteiger partial charge in [-0.15, -0.1) is 0 Å². The Morgan fingerprint density at radius 3 is 2.43 bits per heavy atom. The minimum atomic E-state index is -3.05. The zero-order valence-electron chi connectivity index (χ0n) is 13.3. The summed E-state index contributed by atoms with van der Waals surface area (Å²) in [6, 6.07) is 0. The molecule has 0 aromatic rings. The first-order valence-electron chi connectivity index (χ1n) is 7.97. The van der Waals surface area contributed by atoms with E-state index in [1.165, 1.54) is 0 Å². The van der Waals surface area contributed by atoms with Crippen molar-refractivity contribution in [3.8, 4) is 0 Å². The second kappa shape index (κ2) is 7.17. The zero-order valence-corrected chi connectivity index (χ0v) is 14.9. The fourth-order valence-corrected chi connectivity index (χ4v) is 6.60. The smallest absolute Gasteiger partial charge is 0.166 e. The van der Waals surface area contributed by atoms with Crippen LogP contribution in [0, 0.1) is 0 Å². The highest BCUT2D eigenvalue weighted by atomic mass is 32.2. The van der Waals surface area contributed by atoms with E-state index in [2.05, 4.69) is 16.7 Å². The summed E-state index contributed by atoms with van der Waals surface area (Å²) < 4.78 is 25.0. The number of likely N-dealkylation sites (tertiary alicyclic amines) is 1. The minimum absolute atomic E-state index is 0.125. The fraction of sp³-hybridized carbons (Fsp3) is 1.00. The van der Waals surface area contributed by atoms with Crippen LogP contribution in [0.25, 0.3) is 0 Å². The number of hydrogen-bond acceptors (Lipinski definition) is 6. The van der Waals surface area contributed by atoms with Crippen LogP contribution >= 0.6 is 11.8 Å². The quantitative estimate of drug-likeness (QED) is 0.794. The first-order chi connectivity index (χ1) is 9.99. The lowest BCUT2D eigenvalue weighted by atomic mass is 9.85. The van der Waals surface area contributed by atoms with Crippen molar-refractivity contribution in [1.82, 2.24) is 9.80 Å². The normalized spacial score (nSPS) is 28.6. The lowest BCUT2D eigenvalue weighted by Crippen LogP contribution is -2.65. The molecule has 2 heterocycles. The van der Waals surface area contributed by atoms with Crippen molar-refractivity contribution >= 4 is 21.6 Å². The number of hydrogen-bond donors (Lipinski definition) is 1. The Kier molecular flexibility index (Phi) is 5.99. The molecule has 2 saturated heterocycles. The van der Waals surface area contributed by atoms with Crippen molar-refractivity contribution in [2.45, 2.75) is 37.6 Å². The van der Waals surface area contributed by atoms with E-state index in [4.69, 9.17) is 5.73 Å². The molecule has 2 fully saturated rings. The molecule has 0 saturated carbocycles. The van der Waals surface area contributed by atoms with Crippen LogP contribution in [-0.4, -0.2) is 79.1 Å². The van der Waals surface area contributed by atoms with Gasteiger partial charge in [0.2, 0.25) is 0 Å². The Bertz CT molecular complexity index is 434. The van der Waals surface area contributed by atoms with Gasteiger partial charge >= 0.3 is 0 Å². The van der Waals surface area contributed by atoms with E-state index in [0.717, 1.165) is 44.8 Å². The molecule has 0 bridgehead atoms. The van der Waals surface area contributed by atoms with Gasteiger partial charge in [-0.1, -0.05) is 13.8 Å². The molecule has 1 unspecified atom stereocenters. The van der Waals surface area contributed by atoms with Crippen molar-refractivity contribution in [2.75, 3.05) is 50.0 Å². The SMILES string of the molecule is CCN1CCC(CN)(N2CCSCC2S(=O)(=O)CC)CC1. The molecular weight excluding hydrogens is 306 g/mol. The molecule has 5 nitrogen and oxygen atoms in total. The van der Waals surface area contributed by atoms with Gasteiger partial charge in [0.25, 0.3) is 0 Å². The van der Waals surface area contributed by atoms with Gasteiger partial charge in [-0.3, -0.25) is 4.90 Å². The third-order valence-corrected chi connectivity index (χ3v) is 8.41. The highest BCUT2D eigenvalue weighted by Crippen LogP contribution is 2.35. The molecule has 2 N–H and O–H groups in total. The van der Waals surface area contributed by atoms with E-state index < -0.39 is 9.84 Å². The molecule has 7 heteroatoms. The number of rotatable bonds is 5. The maximum absolute atomic E-state index is 12.5. The van der Waals surface area contributed by atoms with Gasteiger partial charge in [-0.05, 0) is 32.5 Å². The highest BCUT2D eigenvalue weighted by Gasteiger charge is 2.46. The minimum Gasteiger partial charge on any atom is -0.329 e. The predicted octanol–water partition coefficient (Wildman–Crippen LogP) is 0.609. The van der Waals surface area contributed by atoms with Crippen LogP contribution in [0.5, 0.6) is 0 Å². The Morgan fingerprint density at radius 2 is 1.90 bits per heavy atom. The van der Waals surface area contributed by atoms with Crippen LogP contribution in [-0.2, 0) is 9.84 Å². The lowest BCUT2D eigenvalue weighted by molar-refractivity contribution is 0.0250. The molecule has 21 heavy (non-hydrogen) atoms. The molecule has 2 aliphatic heterocycles. The summed E-state index contributed by atoms with van der Waals surface area (Å²) in [5.41, 5.74) is 6.02. The van der Waals surface area contributed by atoms with Crippen LogP contribution in [0.1, 0.15) is 26.7 Å². The molecule has 0 radical (unpaired) electrons. The maximum atomic E-state index is 12.5. The first kappa shape index (κ1) is 17.5. The Labute approximate surface area is 133 Å². The Morgan fingerprint density at radius 1 is 1.24 bits per heavy atom. The molecule has 124 valence electrons. The third-order valence-electron chi connectivity index (χ3n) is 5.12. The number of sulfone groups is 1. The molecule has 2 aliphatic rings. The van der Waals surface area contributed by atoms with Gasteiger partial charge in [0.05, 0.1) is 0 Å². The van der Waals surface area contributed by atoms with Crippen molar-refractivity contribution in [1.29, 1.82) is 0 Å². The largest absolute Gasteiger partial charge is 0.329 e. The van der Waals surface area contributed by atoms with Crippen molar-refractivity contribution in [3.05, 3.63) is 0 Å². The second-order valence-corrected chi connectivity index (χ2v) is 9.63. The van der Waals surface area contributed by atoms with Crippen molar-refractivity contribution < 1.29 is 8.42 Å². The summed E-state index contributed by atoms with van der Waals surface area (Å²) in [6.07, 6.45) is 1.97. The number of thioether (sulfide) groups is 1. The van der Waals surface area contributed by atoms with Crippen LogP contribution in [0.2, 0.25) is 0 Å². The van der Waals surface area contributed by atoms with Crippen LogP contribution in [0.4, 0.5) is 0 Å². The Hall–Kier alpha value is 0.180.